The summed E-state index contributed by atoms with van der Waals surface area (Å²) in [5.74, 6) is 1.00. The smallest absolute Gasteiger partial charge is 0.122 e. The van der Waals surface area contributed by atoms with Gasteiger partial charge in [-0.15, -0.1) is 25.7 Å². The maximum absolute atomic E-state index is 13.3. The number of aliphatic hydroxyl groups excluding tert-OH is 2. The third-order valence-electron chi connectivity index (χ3n) is 7.60. The van der Waals surface area contributed by atoms with Crippen molar-refractivity contribution in [2.75, 3.05) is 65.7 Å². The molecule has 0 heterocycles. The Labute approximate surface area is 291 Å². The van der Waals surface area contributed by atoms with E-state index in [1.165, 1.54) is 16.7 Å². The average molecular weight is 665 g/mol. The molecule has 1 aromatic carbocycles. The van der Waals surface area contributed by atoms with Gasteiger partial charge in [0.25, 0.3) is 0 Å². The maximum atomic E-state index is 13.3. The van der Waals surface area contributed by atoms with Gasteiger partial charge in [-0.25, -0.2) is 4.39 Å². The molecule has 1 aliphatic rings. The molecule has 0 aromatic heterocycles. The second-order valence-corrected chi connectivity index (χ2v) is 11.2. The fourth-order valence-corrected chi connectivity index (χ4v) is 5.19. The summed E-state index contributed by atoms with van der Waals surface area (Å²) in [6, 6.07) is 6.74. The lowest BCUT2D eigenvalue weighted by molar-refractivity contribution is 0.176. The van der Waals surface area contributed by atoms with Crippen molar-refractivity contribution < 1.29 is 19.3 Å². The van der Waals surface area contributed by atoms with Crippen molar-refractivity contribution in [3.63, 3.8) is 0 Å². The second kappa shape index (κ2) is 29.5. The first-order valence-electron chi connectivity index (χ1n) is 17.0. The molecule has 2 rings (SSSR count). The Morgan fingerprint density at radius 1 is 1.12 bits per heavy atom. The highest BCUT2D eigenvalue weighted by molar-refractivity contribution is 5.82. The molecule has 7 nitrogen and oxygen atoms in total. The molecule has 0 saturated carbocycles. The summed E-state index contributed by atoms with van der Waals surface area (Å²) < 4.78 is 19.1. The third kappa shape index (κ3) is 19.2. The Hall–Kier alpha value is -3.66. The largest absolute Gasteiger partial charge is 0.395 e. The average Bonchev–Trinajstić information content (AvgIpc) is 3.10. The zero-order valence-corrected chi connectivity index (χ0v) is 29.9. The van der Waals surface area contributed by atoms with Crippen molar-refractivity contribution in [3.05, 3.63) is 82.6 Å². The fourth-order valence-electron chi connectivity index (χ4n) is 5.19. The van der Waals surface area contributed by atoms with Crippen molar-refractivity contribution in [1.29, 1.82) is 0 Å². The van der Waals surface area contributed by atoms with E-state index >= 15 is 0 Å². The van der Waals surface area contributed by atoms with Crippen LogP contribution in [0.4, 0.5) is 4.39 Å². The summed E-state index contributed by atoms with van der Waals surface area (Å²) in [7, 11) is 0. The number of amidine groups is 1. The molecular weight excluding hydrogens is 603 g/mol. The van der Waals surface area contributed by atoms with Crippen LogP contribution in [0.5, 0.6) is 0 Å². The van der Waals surface area contributed by atoms with Crippen LogP contribution in [0.1, 0.15) is 63.1 Å². The number of halogens is 1. The SMILES string of the molecule is C#C.C#C.C/C=C\CN(CCO)C(CCN(CCO)Cc1ccc(CCCN/C(=C\CC)COCC2=CCC(F)C=C2)cc1C)=NCC. The molecule has 1 unspecified atom stereocenters. The number of ether oxygens (including phenoxy) is 1. The van der Waals surface area contributed by atoms with Gasteiger partial charge in [-0.05, 0) is 62.3 Å². The molecule has 1 aliphatic carbocycles. The summed E-state index contributed by atoms with van der Waals surface area (Å²) >= 11 is 0. The lowest BCUT2D eigenvalue weighted by Gasteiger charge is -2.28. The number of hydrogen-bond acceptors (Lipinski definition) is 6. The number of alkyl halides is 1. The van der Waals surface area contributed by atoms with E-state index in [2.05, 4.69) is 85.0 Å². The van der Waals surface area contributed by atoms with E-state index in [0.29, 0.717) is 39.3 Å². The summed E-state index contributed by atoms with van der Waals surface area (Å²) in [4.78, 5) is 9.16. The number of terminal acetylenes is 2. The van der Waals surface area contributed by atoms with E-state index < -0.39 is 6.17 Å². The molecule has 48 heavy (non-hydrogen) atoms. The fraction of sp³-hybridized carbons (Fsp3) is 0.525. The van der Waals surface area contributed by atoms with Gasteiger partial charge in [-0.3, -0.25) is 9.89 Å². The predicted molar refractivity (Wildman–Crippen MR) is 202 cm³/mol. The van der Waals surface area contributed by atoms with Gasteiger partial charge < -0.3 is 25.2 Å². The summed E-state index contributed by atoms with van der Waals surface area (Å²) in [6.07, 6.45) is 30.9. The highest BCUT2D eigenvalue weighted by Crippen LogP contribution is 2.16. The zero-order valence-electron chi connectivity index (χ0n) is 29.9. The van der Waals surface area contributed by atoms with Gasteiger partial charge in [0.15, 0.2) is 0 Å². The number of rotatable bonds is 22. The number of nitrogens with zero attached hydrogens (tertiary/aromatic N) is 3. The first kappa shape index (κ1) is 44.3. The van der Waals surface area contributed by atoms with Crippen LogP contribution in [0.25, 0.3) is 0 Å². The minimum absolute atomic E-state index is 0.0909. The van der Waals surface area contributed by atoms with Crippen molar-refractivity contribution >= 4 is 5.84 Å². The highest BCUT2D eigenvalue weighted by Gasteiger charge is 2.14. The molecule has 3 N–H and O–H groups in total. The van der Waals surface area contributed by atoms with Gasteiger partial charge in [0, 0.05) is 64.4 Å². The van der Waals surface area contributed by atoms with Gasteiger partial charge in [-0.1, -0.05) is 61.6 Å². The number of benzene rings is 1. The van der Waals surface area contributed by atoms with Gasteiger partial charge >= 0.3 is 0 Å². The van der Waals surface area contributed by atoms with Crippen LogP contribution in [-0.2, 0) is 17.7 Å². The molecule has 8 heteroatoms. The van der Waals surface area contributed by atoms with Gasteiger partial charge in [-0.2, -0.15) is 0 Å². The standard InChI is InChI=1S/C36H57FN4O3.2C2H2/c1-5-8-20-41(23-25-43)36(38-7-3)18-21-40(22-24-42)27-33-15-12-31(26-30(33)4)11-9-19-39-35(10-6-2)29-44-28-32-13-16-34(37)17-14-32;2*1-2/h5,8,10,12-16,26,34,39,42-43H,6-7,9,11,17-25,27-29H2,1-4H3;2*1-2H/b8-5-,35-10-,38-36?;;. The number of aliphatic hydroxyl groups is 2. The summed E-state index contributed by atoms with van der Waals surface area (Å²) in [5, 5.41) is 22.9. The molecule has 0 radical (unpaired) electrons. The first-order chi connectivity index (χ1) is 23.4. The first-order valence-corrected chi connectivity index (χ1v) is 17.0. The Kier molecular flexibility index (Phi) is 27.2. The lowest BCUT2D eigenvalue weighted by atomic mass is 10.0. The predicted octanol–water partition coefficient (Wildman–Crippen LogP) is 6.02. The zero-order chi connectivity index (χ0) is 36.0. The van der Waals surface area contributed by atoms with Crippen LogP contribution in [0.15, 0.2) is 70.9 Å². The molecule has 0 amide bonds. The van der Waals surface area contributed by atoms with Crippen LogP contribution in [-0.4, -0.2) is 97.7 Å². The molecule has 0 aliphatic heterocycles. The topological polar surface area (TPSA) is 80.6 Å². The Morgan fingerprint density at radius 2 is 1.88 bits per heavy atom. The van der Waals surface area contributed by atoms with Crippen LogP contribution in [0, 0.1) is 32.6 Å². The van der Waals surface area contributed by atoms with Crippen molar-refractivity contribution in [2.45, 2.75) is 72.5 Å². The van der Waals surface area contributed by atoms with E-state index in [0.717, 1.165) is 69.0 Å². The molecule has 1 aromatic rings. The van der Waals surface area contributed by atoms with E-state index in [4.69, 9.17) is 9.73 Å². The van der Waals surface area contributed by atoms with Crippen LogP contribution in [0.2, 0.25) is 0 Å². The molecule has 1 atom stereocenters. The Balaban J connectivity index is 0.00000531. The van der Waals surface area contributed by atoms with E-state index in [1.807, 2.05) is 32.1 Å². The number of nitrogens with one attached hydrogen (secondary N) is 1. The normalized spacial score (nSPS) is 14.6. The molecule has 0 spiro atoms. The second-order valence-electron chi connectivity index (χ2n) is 11.2. The van der Waals surface area contributed by atoms with Crippen molar-refractivity contribution in [1.82, 2.24) is 15.1 Å². The summed E-state index contributed by atoms with van der Waals surface area (Å²) in [6.45, 7) is 14.6. The number of aryl methyl sites for hydroxylation is 2. The minimum Gasteiger partial charge on any atom is -0.395 e. The maximum Gasteiger partial charge on any atom is 0.122 e. The van der Waals surface area contributed by atoms with Crippen molar-refractivity contribution in [2.24, 2.45) is 4.99 Å². The number of allylic oxidation sites excluding steroid dienone is 4. The highest BCUT2D eigenvalue weighted by atomic mass is 19.1. The molecular formula is C40H61FN4O3. The Bertz CT molecular complexity index is 1180. The monoisotopic (exact) mass is 664 g/mol. The third-order valence-corrected chi connectivity index (χ3v) is 7.60. The van der Waals surface area contributed by atoms with E-state index in [9.17, 15) is 14.6 Å². The molecule has 0 saturated heterocycles. The lowest BCUT2D eigenvalue weighted by Crippen LogP contribution is -2.37. The minimum atomic E-state index is -0.871. The van der Waals surface area contributed by atoms with Crippen molar-refractivity contribution in [3.8, 4) is 25.7 Å². The van der Waals surface area contributed by atoms with E-state index in [1.54, 1.807) is 6.08 Å². The van der Waals surface area contributed by atoms with Gasteiger partial charge in [0.05, 0.1) is 26.4 Å². The Morgan fingerprint density at radius 3 is 2.48 bits per heavy atom. The van der Waals surface area contributed by atoms with Gasteiger partial charge in [0.1, 0.15) is 12.0 Å². The molecule has 266 valence electrons. The van der Waals surface area contributed by atoms with E-state index in [-0.39, 0.29) is 13.2 Å². The van der Waals surface area contributed by atoms with Crippen LogP contribution < -0.4 is 5.32 Å². The van der Waals surface area contributed by atoms with Crippen LogP contribution >= 0.6 is 0 Å². The number of hydrogen-bond donors (Lipinski definition) is 3. The number of aliphatic imine (C=N–C) groups is 1. The summed E-state index contributed by atoms with van der Waals surface area (Å²) in [5.41, 5.74) is 5.99. The van der Waals surface area contributed by atoms with Gasteiger partial charge in [0.2, 0.25) is 0 Å². The van der Waals surface area contributed by atoms with Crippen LogP contribution in [0.3, 0.4) is 0 Å². The quantitative estimate of drug-likeness (QED) is 0.0463. The molecule has 0 bridgehead atoms. The molecule has 0 fully saturated rings.